The molecule has 4 aromatic rings. The summed E-state index contributed by atoms with van der Waals surface area (Å²) in [6.07, 6.45) is 1.46. The van der Waals surface area contributed by atoms with Gasteiger partial charge in [-0.15, -0.1) is 0 Å². The summed E-state index contributed by atoms with van der Waals surface area (Å²) < 4.78 is 11.9. The van der Waals surface area contributed by atoms with E-state index in [-0.39, 0.29) is 18.9 Å². The third-order valence-electron chi connectivity index (χ3n) is 6.12. The molecule has 0 atom stereocenters. The van der Waals surface area contributed by atoms with Crippen LogP contribution in [0, 0.1) is 5.92 Å². The summed E-state index contributed by atoms with van der Waals surface area (Å²) in [5.74, 6) is 0.689. The molecule has 0 saturated heterocycles. The fourth-order valence-corrected chi connectivity index (χ4v) is 4.29. The monoisotopic (exact) mass is 511 g/mol. The van der Waals surface area contributed by atoms with Gasteiger partial charge in [0.25, 0.3) is 5.91 Å². The minimum absolute atomic E-state index is 0.0262. The van der Waals surface area contributed by atoms with E-state index in [1.165, 1.54) is 5.56 Å². The molecule has 0 fully saturated rings. The number of carbonyl (C=O) groups is 2. The molecule has 4 aromatic carbocycles. The van der Waals surface area contributed by atoms with Gasteiger partial charge in [-0.2, -0.15) is 0 Å². The Kier molecular flexibility index (Phi) is 8.98. The Labute approximate surface area is 223 Å². The Bertz CT molecular complexity index is 1390. The number of carboxylic acids is 1. The largest absolute Gasteiger partial charge is 0.491 e. The second kappa shape index (κ2) is 12.8. The first-order valence-electron chi connectivity index (χ1n) is 12.9. The molecule has 0 heterocycles. The van der Waals surface area contributed by atoms with Crippen LogP contribution in [0.15, 0.2) is 84.9 Å². The van der Waals surface area contributed by atoms with Crippen LogP contribution in [0.1, 0.15) is 48.2 Å². The van der Waals surface area contributed by atoms with Crippen molar-refractivity contribution in [3.8, 4) is 11.5 Å². The summed E-state index contributed by atoms with van der Waals surface area (Å²) in [5, 5.41) is 13.4. The third kappa shape index (κ3) is 7.13. The summed E-state index contributed by atoms with van der Waals surface area (Å²) in [6.45, 7) is 5.10. The number of carboxylic acid groups (broad SMARTS) is 1. The molecule has 38 heavy (non-hydrogen) atoms. The zero-order valence-electron chi connectivity index (χ0n) is 21.8. The SMILES string of the molecule is CC(C)Cc1ccc(COc2ccc(C(=O)Nc3ccccc3OCCCC(=O)O)c3ccccc23)cc1. The number of fused-ring (bicyclic) bond motifs is 1. The molecular formula is C32H33NO5. The van der Waals surface area contributed by atoms with Crippen molar-refractivity contribution in [3.63, 3.8) is 0 Å². The smallest absolute Gasteiger partial charge is 0.303 e. The molecule has 6 heteroatoms. The first-order chi connectivity index (χ1) is 18.4. The number of hydrogen-bond donors (Lipinski definition) is 2. The van der Waals surface area contributed by atoms with Crippen molar-refractivity contribution >= 4 is 28.3 Å². The minimum atomic E-state index is -0.867. The van der Waals surface area contributed by atoms with Crippen LogP contribution in [0.2, 0.25) is 0 Å². The van der Waals surface area contributed by atoms with Crippen LogP contribution < -0.4 is 14.8 Å². The van der Waals surface area contributed by atoms with E-state index in [2.05, 4.69) is 43.4 Å². The van der Waals surface area contributed by atoms with Gasteiger partial charge in [0.15, 0.2) is 0 Å². The molecule has 0 radical (unpaired) electrons. The van der Waals surface area contributed by atoms with Crippen LogP contribution in [0.5, 0.6) is 11.5 Å². The van der Waals surface area contributed by atoms with E-state index < -0.39 is 5.97 Å². The van der Waals surface area contributed by atoms with E-state index in [1.54, 1.807) is 18.2 Å². The number of para-hydroxylation sites is 2. The number of aliphatic carboxylic acids is 1. The average Bonchev–Trinajstić information content (AvgIpc) is 2.91. The number of rotatable bonds is 12. The van der Waals surface area contributed by atoms with Crippen molar-refractivity contribution in [1.82, 2.24) is 0 Å². The maximum atomic E-state index is 13.3. The number of amides is 1. The van der Waals surface area contributed by atoms with Gasteiger partial charge in [0.1, 0.15) is 18.1 Å². The van der Waals surface area contributed by atoms with E-state index in [0.717, 1.165) is 22.8 Å². The molecule has 2 N–H and O–H groups in total. The molecule has 1 amide bonds. The van der Waals surface area contributed by atoms with Crippen molar-refractivity contribution in [1.29, 1.82) is 0 Å². The van der Waals surface area contributed by atoms with Gasteiger partial charge in [0, 0.05) is 17.4 Å². The van der Waals surface area contributed by atoms with Crippen LogP contribution in [0.3, 0.4) is 0 Å². The van der Waals surface area contributed by atoms with Gasteiger partial charge >= 0.3 is 5.97 Å². The van der Waals surface area contributed by atoms with Gasteiger partial charge in [-0.3, -0.25) is 9.59 Å². The Balaban J connectivity index is 1.48. The minimum Gasteiger partial charge on any atom is -0.491 e. The second-order valence-corrected chi connectivity index (χ2v) is 9.66. The Morgan fingerprint density at radius 1 is 0.789 bits per heavy atom. The van der Waals surface area contributed by atoms with Crippen LogP contribution >= 0.6 is 0 Å². The lowest BCUT2D eigenvalue weighted by molar-refractivity contribution is -0.137. The van der Waals surface area contributed by atoms with Crippen molar-refractivity contribution in [2.45, 2.75) is 39.7 Å². The highest BCUT2D eigenvalue weighted by molar-refractivity contribution is 6.14. The average molecular weight is 512 g/mol. The summed E-state index contributed by atoms with van der Waals surface area (Å²) in [6, 6.07) is 26.9. The quantitative estimate of drug-likeness (QED) is 0.198. The van der Waals surface area contributed by atoms with E-state index in [0.29, 0.717) is 41.7 Å². The van der Waals surface area contributed by atoms with Gasteiger partial charge in [-0.25, -0.2) is 0 Å². The molecule has 0 spiro atoms. The fraction of sp³-hybridized carbons (Fsp3) is 0.250. The molecule has 0 bridgehead atoms. The lowest BCUT2D eigenvalue weighted by Gasteiger charge is -2.15. The summed E-state index contributed by atoms with van der Waals surface area (Å²) in [5.41, 5.74) is 3.45. The number of anilines is 1. The Morgan fingerprint density at radius 2 is 1.47 bits per heavy atom. The molecular weight excluding hydrogens is 478 g/mol. The maximum absolute atomic E-state index is 13.3. The van der Waals surface area contributed by atoms with Crippen molar-refractivity contribution in [2.75, 3.05) is 11.9 Å². The van der Waals surface area contributed by atoms with Crippen LogP contribution in [0.25, 0.3) is 10.8 Å². The van der Waals surface area contributed by atoms with E-state index in [1.807, 2.05) is 42.5 Å². The second-order valence-electron chi connectivity index (χ2n) is 9.66. The van der Waals surface area contributed by atoms with Crippen LogP contribution in [0.4, 0.5) is 5.69 Å². The number of benzene rings is 4. The summed E-state index contributed by atoms with van der Waals surface area (Å²) >= 11 is 0. The Morgan fingerprint density at radius 3 is 2.21 bits per heavy atom. The van der Waals surface area contributed by atoms with Gasteiger partial charge in [-0.1, -0.05) is 74.5 Å². The van der Waals surface area contributed by atoms with E-state index in [9.17, 15) is 9.59 Å². The van der Waals surface area contributed by atoms with Gasteiger partial charge < -0.3 is 19.9 Å². The maximum Gasteiger partial charge on any atom is 0.303 e. The molecule has 0 unspecified atom stereocenters. The molecule has 0 aliphatic carbocycles. The first kappa shape index (κ1) is 26.7. The molecule has 6 nitrogen and oxygen atoms in total. The molecule has 0 aliphatic rings. The van der Waals surface area contributed by atoms with Gasteiger partial charge in [0.2, 0.25) is 0 Å². The molecule has 0 aromatic heterocycles. The standard InChI is InChI=1S/C32H33NO5/c1-22(2)20-23-13-15-24(16-14-23)21-38-29-18-17-27(25-8-3-4-9-26(25)29)32(36)33-28-10-5-6-11-30(28)37-19-7-12-31(34)35/h3-6,8-11,13-18,22H,7,12,19-21H2,1-2H3,(H,33,36)(H,34,35). The van der Waals surface area contributed by atoms with Crippen LogP contribution in [-0.4, -0.2) is 23.6 Å². The number of ether oxygens (including phenoxy) is 2. The molecule has 4 rings (SSSR count). The normalized spacial score (nSPS) is 10.9. The van der Waals surface area contributed by atoms with E-state index in [4.69, 9.17) is 14.6 Å². The summed E-state index contributed by atoms with van der Waals surface area (Å²) in [4.78, 5) is 24.1. The highest BCUT2D eigenvalue weighted by Gasteiger charge is 2.15. The van der Waals surface area contributed by atoms with Crippen molar-refractivity contribution in [2.24, 2.45) is 5.92 Å². The Hall–Kier alpha value is -4.32. The molecule has 0 saturated carbocycles. The van der Waals surface area contributed by atoms with Crippen molar-refractivity contribution < 1.29 is 24.2 Å². The fourth-order valence-electron chi connectivity index (χ4n) is 4.29. The first-order valence-corrected chi connectivity index (χ1v) is 12.9. The highest BCUT2D eigenvalue weighted by Crippen LogP contribution is 2.31. The van der Waals surface area contributed by atoms with E-state index >= 15 is 0 Å². The molecule has 0 aliphatic heterocycles. The van der Waals surface area contributed by atoms with Gasteiger partial charge in [-0.05, 0) is 59.5 Å². The number of carbonyl (C=O) groups excluding carboxylic acids is 1. The molecule has 196 valence electrons. The van der Waals surface area contributed by atoms with Crippen LogP contribution in [-0.2, 0) is 17.8 Å². The highest BCUT2D eigenvalue weighted by atomic mass is 16.5. The topological polar surface area (TPSA) is 84.9 Å². The lowest BCUT2D eigenvalue weighted by atomic mass is 10.0. The zero-order chi connectivity index (χ0) is 26.9. The van der Waals surface area contributed by atoms with Crippen molar-refractivity contribution in [3.05, 3.63) is 102 Å². The predicted molar refractivity (Wildman–Crippen MR) is 150 cm³/mol. The predicted octanol–water partition coefficient (Wildman–Crippen LogP) is 7.11. The van der Waals surface area contributed by atoms with Gasteiger partial charge in [0.05, 0.1) is 12.3 Å². The number of hydrogen-bond acceptors (Lipinski definition) is 4. The lowest BCUT2D eigenvalue weighted by Crippen LogP contribution is -2.14. The zero-order valence-corrected chi connectivity index (χ0v) is 21.8. The third-order valence-corrected chi connectivity index (χ3v) is 6.12. The number of nitrogens with one attached hydrogen (secondary N) is 1. The summed E-state index contributed by atoms with van der Waals surface area (Å²) in [7, 11) is 0.